The van der Waals surface area contributed by atoms with E-state index in [4.69, 9.17) is 15.9 Å². The number of carboxylic acids is 1. The second-order valence-corrected chi connectivity index (χ2v) is 5.04. The second-order valence-electron chi connectivity index (χ2n) is 4.06. The lowest BCUT2D eigenvalue weighted by Crippen LogP contribution is -2.56. The summed E-state index contributed by atoms with van der Waals surface area (Å²) in [6.45, 7) is 0. The molecule has 4 N–H and O–H groups in total. The number of carboxylic acid groups (broad SMARTS) is 1. The Kier molecular flexibility index (Phi) is 5.10. The van der Waals surface area contributed by atoms with Crippen LogP contribution in [0.5, 0.6) is 5.75 Å². The van der Waals surface area contributed by atoms with Crippen LogP contribution in [0, 0.1) is 0 Å². The van der Waals surface area contributed by atoms with Gasteiger partial charge in [-0.25, -0.2) is 4.79 Å². The summed E-state index contributed by atoms with van der Waals surface area (Å²) in [5.74, 6) is -2.70. The van der Waals surface area contributed by atoms with Crippen molar-refractivity contribution in [3.8, 4) is 5.75 Å². The fourth-order valence-corrected chi connectivity index (χ4v) is 2.06. The fourth-order valence-electron chi connectivity index (χ4n) is 1.36. The maximum atomic E-state index is 11.8. The van der Waals surface area contributed by atoms with Crippen LogP contribution in [0.4, 0.5) is 0 Å². The van der Waals surface area contributed by atoms with Crippen molar-refractivity contribution in [3.05, 3.63) is 35.9 Å². The summed E-state index contributed by atoms with van der Waals surface area (Å²) in [4.78, 5) is 33.4. The van der Waals surface area contributed by atoms with Crippen molar-refractivity contribution in [1.82, 2.24) is 0 Å². The number of hydrogen-bond acceptors (Lipinski definition) is 6. The van der Waals surface area contributed by atoms with E-state index in [2.05, 4.69) is 0 Å². The standard InChI is InChI=1S/C12H12NO6P/c13-12(11(16)17,7-20(18)19)10(15)6-3-8-1-4-9(14)5-2-8/h1-6,14H,7,13H2,(H,16,17)/b6-3+. The van der Waals surface area contributed by atoms with Crippen molar-refractivity contribution < 1.29 is 29.3 Å². The zero-order chi connectivity index (χ0) is 15.3. The number of benzene rings is 1. The number of carbonyl (C=O) groups excluding carboxylic acids is 1. The van der Waals surface area contributed by atoms with E-state index in [1.165, 1.54) is 30.3 Å². The zero-order valence-corrected chi connectivity index (χ0v) is 11.1. The Morgan fingerprint density at radius 2 is 1.90 bits per heavy atom. The number of carbonyl (C=O) groups is 2. The molecule has 0 aliphatic heterocycles. The first kappa shape index (κ1) is 16.0. The van der Waals surface area contributed by atoms with E-state index in [0.717, 1.165) is 6.08 Å². The predicted octanol–water partition coefficient (Wildman–Crippen LogP) is -0.141. The van der Waals surface area contributed by atoms with Gasteiger partial charge in [-0.3, -0.25) is 4.79 Å². The molecule has 1 aromatic carbocycles. The van der Waals surface area contributed by atoms with Gasteiger partial charge in [0.2, 0.25) is 5.54 Å². The first-order valence-corrected chi connectivity index (χ1v) is 6.77. The van der Waals surface area contributed by atoms with Crippen LogP contribution < -0.4 is 10.6 Å². The quantitative estimate of drug-likeness (QED) is 0.377. The number of ketones is 1. The van der Waals surface area contributed by atoms with Crippen LogP contribution in [0.3, 0.4) is 0 Å². The third-order valence-corrected chi connectivity index (χ3v) is 3.28. The molecular weight excluding hydrogens is 285 g/mol. The van der Waals surface area contributed by atoms with E-state index in [1.807, 2.05) is 0 Å². The van der Waals surface area contributed by atoms with E-state index < -0.39 is 31.5 Å². The van der Waals surface area contributed by atoms with Crippen LogP contribution in [-0.2, 0) is 14.2 Å². The highest BCUT2D eigenvalue weighted by Gasteiger charge is 2.45. The van der Waals surface area contributed by atoms with Crippen molar-refractivity contribution in [2.24, 2.45) is 5.73 Å². The maximum absolute atomic E-state index is 11.8. The average Bonchev–Trinajstić information content (AvgIpc) is 2.36. The van der Waals surface area contributed by atoms with Gasteiger partial charge in [-0.1, -0.05) is 22.8 Å². The van der Waals surface area contributed by atoms with E-state index in [0.29, 0.717) is 5.56 Å². The SMILES string of the molecule is NC(C[P+](=O)[O-])(C(=O)O)C(=O)/C=C/c1ccc(O)cc1. The molecule has 0 amide bonds. The summed E-state index contributed by atoms with van der Waals surface area (Å²) in [7, 11) is -3.12. The van der Waals surface area contributed by atoms with Gasteiger partial charge in [0.05, 0.1) is 0 Å². The van der Waals surface area contributed by atoms with E-state index in [9.17, 15) is 19.0 Å². The van der Waals surface area contributed by atoms with Crippen molar-refractivity contribution in [1.29, 1.82) is 0 Å². The summed E-state index contributed by atoms with van der Waals surface area (Å²) in [5, 5.41) is 18.0. The van der Waals surface area contributed by atoms with Gasteiger partial charge in [0.15, 0.2) is 11.9 Å². The topological polar surface area (TPSA) is 141 Å². The molecule has 0 saturated carbocycles. The lowest BCUT2D eigenvalue weighted by Gasteiger charge is -2.16. The Morgan fingerprint density at radius 3 is 2.35 bits per heavy atom. The largest absolute Gasteiger partial charge is 0.595 e. The van der Waals surface area contributed by atoms with Crippen LogP contribution in [0.25, 0.3) is 6.08 Å². The van der Waals surface area contributed by atoms with Crippen molar-refractivity contribution in [2.75, 3.05) is 6.16 Å². The number of hydrogen-bond donors (Lipinski definition) is 3. The average molecular weight is 297 g/mol. The van der Waals surface area contributed by atoms with Crippen LogP contribution >= 0.6 is 8.03 Å². The molecule has 0 aromatic heterocycles. The molecule has 1 aromatic rings. The smallest absolute Gasteiger partial charge is 0.336 e. The minimum Gasteiger partial charge on any atom is -0.595 e. The maximum Gasteiger partial charge on any atom is 0.336 e. The van der Waals surface area contributed by atoms with Crippen LogP contribution in [0.2, 0.25) is 0 Å². The number of nitrogens with two attached hydrogens (primary N) is 1. The molecule has 0 aliphatic carbocycles. The zero-order valence-electron chi connectivity index (χ0n) is 10.2. The first-order valence-electron chi connectivity index (χ1n) is 5.41. The van der Waals surface area contributed by atoms with Gasteiger partial charge in [0.1, 0.15) is 5.75 Å². The van der Waals surface area contributed by atoms with Gasteiger partial charge >= 0.3 is 14.0 Å². The van der Waals surface area contributed by atoms with Crippen molar-refractivity contribution in [3.63, 3.8) is 0 Å². The van der Waals surface area contributed by atoms with Crippen LogP contribution in [0.1, 0.15) is 5.56 Å². The second kappa shape index (κ2) is 6.38. The Hall–Kier alpha value is -2.08. The molecule has 0 spiro atoms. The number of aromatic hydroxyl groups is 1. The Bertz CT molecular complexity index is 568. The molecule has 106 valence electrons. The molecule has 0 bridgehead atoms. The Labute approximate surface area is 115 Å². The molecule has 7 nitrogen and oxygen atoms in total. The monoisotopic (exact) mass is 297 g/mol. The van der Waals surface area contributed by atoms with E-state index >= 15 is 0 Å². The summed E-state index contributed by atoms with van der Waals surface area (Å²) < 4.78 is 10.6. The third-order valence-electron chi connectivity index (χ3n) is 2.52. The molecule has 0 aliphatic rings. The number of phenols is 1. The summed E-state index contributed by atoms with van der Waals surface area (Å²) in [6, 6.07) is 5.75. The molecule has 20 heavy (non-hydrogen) atoms. The van der Waals surface area contributed by atoms with Gasteiger partial charge in [-0.05, 0) is 23.8 Å². The Balaban J connectivity index is 2.94. The van der Waals surface area contributed by atoms with Crippen LogP contribution in [-0.4, -0.2) is 33.7 Å². The molecule has 2 unspecified atom stereocenters. The molecule has 0 fully saturated rings. The number of aliphatic carboxylic acids is 1. The summed E-state index contributed by atoms with van der Waals surface area (Å²) in [5.41, 5.74) is 3.38. The molecule has 2 atom stereocenters. The third kappa shape index (κ3) is 3.96. The molecule has 1 rings (SSSR count). The normalized spacial score (nSPS) is 14.8. The summed E-state index contributed by atoms with van der Waals surface area (Å²) in [6.07, 6.45) is 1.21. The minimum atomic E-state index is -3.12. The van der Waals surface area contributed by atoms with E-state index in [1.54, 1.807) is 0 Å². The van der Waals surface area contributed by atoms with E-state index in [-0.39, 0.29) is 5.75 Å². The fraction of sp³-hybridized carbons (Fsp3) is 0.167. The highest BCUT2D eigenvalue weighted by Crippen LogP contribution is 2.19. The lowest BCUT2D eigenvalue weighted by atomic mass is 9.97. The van der Waals surface area contributed by atoms with Gasteiger partial charge in [-0.2, -0.15) is 0 Å². The number of rotatable bonds is 6. The Morgan fingerprint density at radius 1 is 1.35 bits per heavy atom. The molecule has 0 heterocycles. The highest BCUT2D eigenvalue weighted by molar-refractivity contribution is 7.36. The molecule has 0 radical (unpaired) electrons. The molecule has 8 heteroatoms. The predicted molar refractivity (Wildman–Crippen MR) is 69.2 cm³/mol. The lowest BCUT2D eigenvalue weighted by molar-refractivity contribution is -0.167. The molecule has 0 saturated heterocycles. The minimum absolute atomic E-state index is 0.0375. The van der Waals surface area contributed by atoms with Crippen molar-refractivity contribution >= 4 is 25.9 Å². The van der Waals surface area contributed by atoms with Crippen molar-refractivity contribution in [2.45, 2.75) is 5.54 Å². The van der Waals surface area contributed by atoms with Gasteiger partial charge in [-0.15, -0.1) is 0 Å². The number of phenolic OH excluding ortho intramolecular Hbond substituents is 1. The van der Waals surface area contributed by atoms with Gasteiger partial charge < -0.3 is 20.8 Å². The molecular formula is C12H12NO6P. The van der Waals surface area contributed by atoms with Gasteiger partial charge in [0, 0.05) is 0 Å². The van der Waals surface area contributed by atoms with Crippen LogP contribution in [0.15, 0.2) is 30.3 Å². The highest BCUT2D eigenvalue weighted by atomic mass is 31.1. The van der Waals surface area contributed by atoms with Gasteiger partial charge in [0.25, 0.3) is 0 Å². The first-order chi connectivity index (χ1) is 9.25. The summed E-state index contributed by atoms with van der Waals surface area (Å²) >= 11 is 0.